The highest BCUT2D eigenvalue weighted by molar-refractivity contribution is 6.30. The molecule has 0 saturated carbocycles. The van der Waals surface area contributed by atoms with Crippen LogP contribution in [0.3, 0.4) is 0 Å². The predicted molar refractivity (Wildman–Crippen MR) is 81.5 cm³/mol. The lowest BCUT2D eigenvalue weighted by Crippen LogP contribution is -2.15. The molecule has 5 nitrogen and oxygen atoms in total. The minimum absolute atomic E-state index is 0.329. The Hall–Kier alpha value is -2.27. The summed E-state index contributed by atoms with van der Waals surface area (Å²) in [6.07, 6.45) is 1.50. The van der Waals surface area contributed by atoms with Crippen molar-refractivity contribution in [3.05, 3.63) is 46.7 Å². The number of nitrogens with one attached hydrogen (secondary N) is 1. The molecule has 1 aromatic carbocycles. The van der Waals surface area contributed by atoms with Crippen LogP contribution in [0, 0.1) is 6.92 Å². The fraction of sp³-hybridized carbons (Fsp3) is 0.200. The van der Waals surface area contributed by atoms with Crippen molar-refractivity contribution in [3.63, 3.8) is 0 Å². The van der Waals surface area contributed by atoms with E-state index in [0.717, 1.165) is 5.56 Å². The van der Waals surface area contributed by atoms with Crippen LogP contribution in [-0.2, 0) is 0 Å². The van der Waals surface area contributed by atoms with Crippen LogP contribution < -0.4 is 14.8 Å². The lowest BCUT2D eigenvalue weighted by molar-refractivity contribution is 0.102. The van der Waals surface area contributed by atoms with Gasteiger partial charge >= 0.3 is 0 Å². The second-order valence-electron chi connectivity index (χ2n) is 4.32. The Morgan fingerprint density at radius 2 is 1.86 bits per heavy atom. The Balaban J connectivity index is 2.34. The van der Waals surface area contributed by atoms with Crippen molar-refractivity contribution in [1.29, 1.82) is 0 Å². The van der Waals surface area contributed by atoms with E-state index in [1.54, 1.807) is 24.3 Å². The molecule has 0 fully saturated rings. The van der Waals surface area contributed by atoms with Crippen LogP contribution in [0.15, 0.2) is 30.5 Å². The Morgan fingerprint density at radius 3 is 2.38 bits per heavy atom. The molecule has 110 valence electrons. The molecule has 0 aliphatic heterocycles. The van der Waals surface area contributed by atoms with Gasteiger partial charge in [-0.2, -0.15) is 0 Å². The third-order valence-electron chi connectivity index (χ3n) is 2.93. The molecule has 0 unspecified atom stereocenters. The minimum Gasteiger partial charge on any atom is -0.496 e. The van der Waals surface area contributed by atoms with Crippen LogP contribution in [0.2, 0.25) is 5.15 Å². The topological polar surface area (TPSA) is 60.5 Å². The van der Waals surface area contributed by atoms with Gasteiger partial charge in [0, 0.05) is 0 Å². The number of carbonyl (C=O) groups is 1. The fourth-order valence-corrected chi connectivity index (χ4v) is 2.00. The molecule has 1 heterocycles. The van der Waals surface area contributed by atoms with E-state index in [-0.39, 0.29) is 5.91 Å². The molecular formula is C15H15ClN2O3. The van der Waals surface area contributed by atoms with E-state index in [9.17, 15) is 4.79 Å². The van der Waals surface area contributed by atoms with Gasteiger partial charge in [0.15, 0.2) is 0 Å². The number of hydrogen-bond donors (Lipinski definition) is 1. The van der Waals surface area contributed by atoms with Crippen LogP contribution in [-0.4, -0.2) is 25.1 Å². The minimum atomic E-state index is -0.340. The van der Waals surface area contributed by atoms with E-state index in [0.29, 0.717) is 27.9 Å². The quantitative estimate of drug-likeness (QED) is 0.880. The molecule has 0 aliphatic rings. The van der Waals surface area contributed by atoms with Gasteiger partial charge in [-0.1, -0.05) is 17.7 Å². The number of ether oxygens (including phenoxy) is 2. The molecule has 0 bridgehead atoms. The zero-order valence-electron chi connectivity index (χ0n) is 11.9. The predicted octanol–water partition coefficient (Wildman–Crippen LogP) is 3.31. The van der Waals surface area contributed by atoms with Crippen molar-refractivity contribution in [2.24, 2.45) is 0 Å². The molecule has 0 spiro atoms. The average Bonchev–Trinajstić information content (AvgIpc) is 2.49. The lowest BCUT2D eigenvalue weighted by Gasteiger charge is -2.13. The number of pyridine rings is 1. The smallest absolute Gasteiger partial charge is 0.263 e. The number of hydrogen-bond acceptors (Lipinski definition) is 4. The van der Waals surface area contributed by atoms with Gasteiger partial charge in [0.1, 0.15) is 22.2 Å². The molecule has 0 aliphatic carbocycles. The standard InChI is InChI=1S/C15H15ClN2O3/c1-9-7-10(8-17-14(9)16)18-15(19)13-11(20-2)5-4-6-12(13)21-3/h4-8H,1-3H3,(H,18,19). The lowest BCUT2D eigenvalue weighted by atomic mass is 10.1. The van der Waals surface area contributed by atoms with Crippen molar-refractivity contribution < 1.29 is 14.3 Å². The van der Waals surface area contributed by atoms with Crippen molar-refractivity contribution in [2.45, 2.75) is 6.92 Å². The molecule has 1 amide bonds. The third kappa shape index (κ3) is 3.25. The molecule has 1 aromatic heterocycles. The summed E-state index contributed by atoms with van der Waals surface area (Å²) < 4.78 is 10.4. The number of methoxy groups -OCH3 is 2. The second kappa shape index (κ2) is 6.45. The van der Waals surface area contributed by atoms with Crippen LogP contribution in [0.1, 0.15) is 15.9 Å². The SMILES string of the molecule is COc1cccc(OC)c1C(=O)Nc1cnc(Cl)c(C)c1. The van der Waals surface area contributed by atoms with Gasteiger partial charge in [-0.3, -0.25) is 4.79 Å². The van der Waals surface area contributed by atoms with Gasteiger partial charge in [-0.25, -0.2) is 4.98 Å². The van der Waals surface area contributed by atoms with Gasteiger partial charge in [-0.15, -0.1) is 0 Å². The van der Waals surface area contributed by atoms with Crippen LogP contribution >= 0.6 is 11.6 Å². The van der Waals surface area contributed by atoms with Crippen LogP contribution in [0.4, 0.5) is 5.69 Å². The number of rotatable bonds is 4. The molecule has 1 N–H and O–H groups in total. The summed E-state index contributed by atoms with van der Waals surface area (Å²) in [5, 5.41) is 3.16. The van der Waals surface area contributed by atoms with E-state index in [2.05, 4.69) is 10.3 Å². The van der Waals surface area contributed by atoms with Gasteiger partial charge < -0.3 is 14.8 Å². The number of aromatic nitrogens is 1. The highest BCUT2D eigenvalue weighted by Crippen LogP contribution is 2.29. The first kappa shape index (κ1) is 15.1. The Labute approximate surface area is 127 Å². The normalized spacial score (nSPS) is 10.1. The Morgan fingerprint density at radius 1 is 1.24 bits per heavy atom. The van der Waals surface area contributed by atoms with E-state index in [1.807, 2.05) is 6.92 Å². The van der Waals surface area contributed by atoms with E-state index < -0.39 is 0 Å². The zero-order chi connectivity index (χ0) is 15.4. The molecule has 2 rings (SSSR count). The van der Waals surface area contributed by atoms with Gasteiger partial charge in [0.05, 0.1) is 26.1 Å². The van der Waals surface area contributed by atoms with E-state index >= 15 is 0 Å². The van der Waals surface area contributed by atoms with Gasteiger partial charge in [0.25, 0.3) is 5.91 Å². The van der Waals surface area contributed by atoms with E-state index in [4.69, 9.17) is 21.1 Å². The van der Waals surface area contributed by atoms with Crippen LogP contribution in [0.25, 0.3) is 0 Å². The van der Waals surface area contributed by atoms with Crippen LogP contribution in [0.5, 0.6) is 11.5 Å². The van der Waals surface area contributed by atoms with Gasteiger partial charge in [0.2, 0.25) is 0 Å². The number of anilines is 1. The summed E-state index contributed by atoms with van der Waals surface area (Å²) in [4.78, 5) is 16.4. The first-order valence-electron chi connectivity index (χ1n) is 6.21. The molecule has 2 aromatic rings. The van der Waals surface area contributed by atoms with Crippen molar-refractivity contribution in [3.8, 4) is 11.5 Å². The molecule has 0 atom stereocenters. The fourth-order valence-electron chi connectivity index (χ4n) is 1.90. The first-order valence-corrected chi connectivity index (χ1v) is 6.59. The zero-order valence-corrected chi connectivity index (χ0v) is 12.7. The molecule has 6 heteroatoms. The molecule has 0 radical (unpaired) electrons. The van der Waals surface area contributed by atoms with Crippen molar-refractivity contribution >= 4 is 23.2 Å². The maximum atomic E-state index is 12.4. The summed E-state index contributed by atoms with van der Waals surface area (Å²) in [5.41, 5.74) is 1.66. The summed E-state index contributed by atoms with van der Waals surface area (Å²) in [6.45, 7) is 1.81. The van der Waals surface area contributed by atoms with Crippen molar-refractivity contribution in [2.75, 3.05) is 19.5 Å². The number of halogens is 1. The Bertz CT molecular complexity index is 652. The van der Waals surface area contributed by atoms with Gasteiger partial charge in [-0.05, 0) is 30.7 Å². The van der Waals surface area contributed by atoms with Crippen molar-refractivity contribution in [1.82, 2.24) is 4.98 Å². The molecule has 21 heavy (non-hydrogen) atoms. The first-order chi connectivity index (χ1) is 10.1. The highest BCUT2D eigenvalue weighted by Gasteiger charge is 2.18. The van der Waals surface area contributed by atoms with E-state index in [1.165, 1.54) is 20.4 Å². The largest absolute Gasteiger partial charge is 0.496 e. The average molecular weight is 307 g/mol. The summed E-state index contributed by atoms with van der Waals surface area (Å²) in [7, 11) is 3.00. The maximum Gasteiger partial charge on any atom is 0.263 e. The maximum absolute atomic E-state index is 12.4. The molecule has 0 saturated heterocycles. The number of carbonyl (C=O) groups excluding carboxylic acids is 1. The molecular weight excluding hydrogens is 292 g/mol. The monoisotopic (exact) mass is 306 g/mol. The summed E-state index contributed by atoms with van der Waals surface area (Å²) >= 11 is 5.87. The number of amides is 1. The third-order valence-corrected chi connectivity index (χ3v) is 3.32. The highest BCUT2D eigenvalue weighted by atomic mass is 35.5. The number of aryl methyl sites for hydroxylation is 1. The summed E-state index contributed by atoms with van der Waals surface area (Å²) in [6, 6.07) is 6.89. The summed E-state index contributed by atoms with van der Waals surface area (Å²) in [5.74, 6) is 0.531. The number of nitrogens with zero attached hydrogens (tertiary/aromatic N) is 1. The second-order valence-corrected chi connectivity index (χ2v) is 4.68. The Kier molecular flexibility index (Phi) is 4.65. The number of benzene rings is 1.